The van der Waals surface area contributed by atoms with E-state index in [0.29, 0.717) is 49.7 Å². The molecule has 8 aromatic carbocycles. The van der Waals surface area contributed by atoms with Crippen LogP contribution in [-0.4, -0.2) is 0 Å². The van der Waals surface area contributed by atoms with E-state index in [0.717, 1.165) is 52.3 Å². The Bertz CT molecular complexity index is 2830. The first-order chi connectivity index (χ1) is 27.8. The van der Waals surface area contributed by atoms with E-state index < -0.39 is 5.82 Å². The Morgan fingerprint density at radius 2 is 0.930 bits per heavy atom. The number of rotatable bonds is 8. The average molecular weight is 747 g/mol. The second-order valence-corrected chi connectivity index (χ2v) is 13.8. The van der Waals surface area contributed by atoms with Gasteiger partial charge in [-0.05, 0) is 99.3 Å². The Labute approximate surface area is 331 Å². The molecule has 5 heteroatoms. The molecular weight excluding hydrogens is 710 g/mol. The van der Waals surface area contributed by atoms with E-state index in [2.05, 4.69) is 25.6 Å². The lowest BCUT2D eigenvalue weighted by Crippen LogP contribution is -1.91. The topological polar surface area (TPSA) is 47.6 Å². The third kappa shape index (κ3) is 8.25. The fourth-order valence-electron chi connectivity index (χ4n) is 6.99. The van der Waals surface area contributed by atoms with Crippen LogP contribution in [-0.2, 0) is 12.8 Å². The van der Waals surface area contributed by atoms with Gasteiger partial charge in [0.05, 0.1) is 23.3 Å². The van der Waals surface area contributed by atoms with E-state index in [4.69, 9.17) is 10.5 Å². The summed E-state index contributed by atoms with van der Waals surface area (Å²) >= 11 is 0. The van der Waals surface area contributed by atoms with Crippen molar-refractivity contribution in [1.29, 1.82) is 10.5 Å². The Morgan fingerprint density at radius 3 is 1.46 bits per heavy atom. The van der Waals surface area contributed by atoms with Crippen molar-refractivity contribution in [2.45, 2.75) is 26.2 Å². The van der Waals surface area contributed by atoms with Gasteiger partial charge in [-0.2, -0.15) is 10.5 Å². The van der Waals surface area contributed by atoms with Crippen LogP contribution in [0.25, 0.3) is 66.1 Å². The van der Waals surface area contributed by atoms with Gasteiger partial charge in [0.15, 0.2) is 0 Å². The fraction of sp³-hybridized carbons (Fsp3) is 0.0769. The lowest BCUT2D eigenvalue weighted by Gasteiger charge is -2.10. The summed E-state index contributed by atoms with van der Waals surface area (Å²) < 4.78 is 45.0. The SMILES string of the molecule is C=CCCc1ccc2c(F)c(-c3ccc(-c4ccc(C#N)cc4)cc3)ccc2c1.CCc1ccc2c(F)c(-c3ccc(-c4ccc(C#N)cc4)c(F)c3)ccc2c1. The molecule has 276 valence electrons. The van der Waals surface area contributed by atoms with Crippen LogP contribution in [0.2, 0.25) is 0 Å². The van der Waals surface area contributed by atoms with Crippen molar-refractivity contribution < 1.29 is 13.2 Å². The zero-order valence-corrected chi connectivity index (χ0v) is 31.4. The molecule has 0 fully saturated rings. The van der Waals surface area contributed by atoms with Gasteiger partial charge in [0, 0.05) is 27.5 Å². The zero-order valence-electron chi connectivity index (χ0n) is 31.4. The van der Waals surface area contributed by atoms with E-state index in [-0.39, 0.29) is 11.6 Å². The van der Waals surface area contributed by atoms with E-state index in [1.807, 2.05) is 91.0 Å². The summed E-state index contributed by atoms with van der Waals surface area (Å²) in [7, 11) is 0. The predicted molar refractivity (Wildman–Crippen MR) is 227 cm³/mol. The van der Waals surface area contributed by atoms with Crippen LogP contribution < -0.4 is 0 Å². The van der Waals surface area contributed by atoms with E-state index in [1.165, 1.54) is 11.6 Å². The molecule has 0 N–H and O–H groups in total. The minimum Gasteiger partial charge on any atom is -0.206 e. The number of fused-ring (bicyclic) bond motifs is 2. The van der Waals surface area contributed by atoms with Crippen LogP contribution in [0.4, 0.5) is 13.2 Å². The second kappa shape index (κ2) is 17.1. The summed E-state index contributed by atoms with van der Waals surface area (Å²) in [5.74, 6) is -0.961. The molecule has 0 amide bonds. The first-order valence-electron chi connectivity index (χ1n) is 18.7. The number of halogens is 3. The third-order valence-electron chi connectivity index (χ3n) is 10.2. The molecule has 0 aliphatic rings. The summed E-state index contributed by atoms with van der Waals surface area (Å²) in [5.41, 5.74) is 8.97. The van der Waals surface area contributed by atoms with Gasteiger partial charge < -0.3 is 0 Å². The van der Waals surface area contributed by atoms with Crippen LogP contribution >= 0.6 is 0 Å². The quantitative estimate of drug-likeness (QED) is 0.145. The Morgan fingerprint density at radius 1 is 0.491 bits per heavy atom. The molecule has 0 aromatic heterocycles. The zero-order chi connectivity index (χ0) is 39.9. The molecule has 0 spiro atoms. The van der Waals surface area contributed by atoms with Gasteiger partial charge in [0.1, 0.15) is 17.5 Å². The highest BCUT2D eigenvalue weighted by Gasteiger charge is 2.14. The molecule has 0 unspecified atom stereocenters. The monoisotopic (exact) mass is 746 g/mol. The summed E-state index contributed by atoms with van der Waals surface area (Å²) in [5, 5.41) is 20.7. The Kier molecular flexibility index (Phi) is 11.4. The fourth-order valence-corrected chi connectivity index (χ4v) is 6.99. The maximum Gasteiger partial charge on any atom is 0.138 e. The number of nitrogens with zero attached hydrogens (tertiary/aromatic N) is 2. The highest BCUT2D eigenvalue weighted by atomic mass is 19.1. The Hall–Kier alpha value is -7.21. The molecule has 0 saturated carbocycles. The third-order valence-corrected chi connectivity index (χ3v) is 10.2. The van der Waals surface area contributed by atoms with Gasteiger partial charge in [-0.3, -0.25) is 0 Å². The van der Waals surface area contributed by atoms with Gasteiger partial charge in [-0.1, -0.05) is 134 Å². The van der Waals surface area contributed by atoms with Crippen molar-refractivity contribution in [1.82, 2.24) is 0 Å². The summed E-state index contributed by atoms with van der Waals surface area (Å²) in [6.45, 7) is 5.82. The number of allylic oxidation sites excluding steroid dienone is 1. The van der Waals surface area contributed by atoms with Gasteiger partial charge >= 0.3 is 0 Å². The first kappa shape index (κ1) is 38.1. The average Bonchev–Trinajstić information content (AvgIpc) is 3.26. The number of benzene rings is 8. The van der Waals surface area contributed by atoms with Crippen LogP contribution in [0.3, 0.4) is 0 Å². The molecule has 57 heavy (non-hydrogen) atoms. The minimum absolute atomic E-state index is 0.191. The summed E-state index contributed by atoms with van der Waals surface area (Å²) in [6, 6.07) is 49.9. The standard InChI is InChI=1S/C27H20FN.C25H17F2N/c1-2-3-4-19-7-15-26-24(17-19)14-16-25(27(26)28)23-12-10-22(11-13-23)21-8-5-20(18-29)6-9-21;1-2-16-5-10-22-19(13-16)9-12-23(25(22)27)20-8-11-21(24(26)14-20)18-6-3-17(15-28)4-7-18/h2,5-17H,1,3-4H2;3-14H,2H2,1H3. The number of hydrogen-bond donors (Lipinski definition) is 0. The molecule has 0 aliphatic heterocycles. The first-order valence-corrected chi connectivity index (χ1v) is 18.7. The van der Waals surface area contributed by atoms with Crippen LogP contribution in [0.1, 0.15) is 35.6 Å². The van der Waals surface area contributed by atoms with Crippen molar-refractivity contribution in [2.75, 3.05) is 0 Å². The highest BCUT2D eigenvalue weighted by molar-refractivity contribution is 5.90. The second-order valence-electron chi connectivity index (χ2n) is 13.8. The van der Waals surface area contributed by atoms with Gasteiger partial charge in [0.2, 0.25) is 0 Å². The molecular formula is C52H37F3N2. The molecule has 0 saturated heterocycles. The van der Waals surface area contributed by atoms with Crippen molar-refractivity contribution in [3.05, 3.63) is 204 Å². The lowest BCUT2D eigenvalue weighted by atomic mass is 9.96. The summed E-state index contributed by atoms with van der Waals surface area (Å²) in [4.78, 5) is 0. The van der Waals surface area contributed by atoms with Crippen molar-refractivity contribution in [3.63, 3.8) is 0 Å². The van der Waals surface area contributed by atoms with E-state index >= 15 is 8.78 Å². The molecule has 0 heterocycles. The van der Waals surface area contributed by atoms with Crippen LogP contribution in [0.15, 0.2) is 164 Å². The molecule has 0 aliphatic carbocycles. The maximum atomic E-state index is 15.2. The largest absolute Gasteiger partial charge is 0.206 e. The molecule has 0 atom stereocenters. The smallest absolute Gasteiger partial charge is 0.138 e. The molecule has 0 radical (unpaired) electrons. The summed E-state index contributed by atoms with van der Waals surface area (Å²) in [6.07, 6.45) is 4.62. The normalized spacial score (nSPS) is 10.7. The molecule has 8 rings (SSSR count). The van der Waals surface area contributed by atoms with Crippen LogP contribution in [0, 0.1) is 40.1 Å². The number of aryl methyl sites for hydroxylation is 2. The van der Waals surface area contributed by atoms with Crippen molar-refractivity contribution >= 4 is 21.5 Å². The van der Waals surface area contributed by atoms with Crippen molar-refractivity contribution in [2.24, 2.45) is 0 Å². The van der Waals surface area contributed by atoms with E-state index in [9.17, 15) is 4.39 Å². The number of hydrogen-bond acceptors (Lipinski definition) is 2. The van der Waals surface area contributed by atoms with Gasteiger partial charge in [0.25, 0.3) is 0 Å². The highest BCUT2D eigenvalue weighted by Crippen LogP contribution is 2.34. The maximum absolute atomic E-state index is 15.2. The van der Waals surface area contributed by atoms with E-state index in [1.54, 1.807) is 60.7 Å². The lowest BCUT2D eigenvalue weighted by molar-refractivity contribution is 0.630. The van der Waals surface area contributed by atoms with Crippen molar-refractivity contribution in [3.8, 4) is 56.6 Å². The van der Waals surface area contributed by atoms with Gasteiger partial charge in [-0.15, -0.1) is 6.58 Å². The molecule has 0 bridgehead atoms. The molecule has 8 aromatic rings. The predicted octanol–water partition coefficient (Wildman–Crippen LogP) is 14.2. The number of nitriles is 2. The minimum atomic E-state index is -0.428. The van der Waals surface area contributed by atoms with Gasteiger partial charge in [-0.25, -0.2) is 13.2 Å². The Balaban J connectivity index is 0.000000174. The van der Waals surface area contributed by atoms with Crippen LogP contribution in [0.5, 0.6) is 0 Å². The molecule has 2 nitrogen and oxygen atoms in total.